The van der Waals surface area contributed by atoms with E-state index in [1.807, 2.05) is 17.0 Å². The Kier molecular flexibility index (Phi) is 6.08. The van der Waals surface area contributed by atoms with E-state index < -0.39 is 0 Å². The fourth-order valence-corrected chi connectivity index (χ4v) is 3.32. The molecule has 0 unspecified atom stereocenters. The van der Waals surface area contributed by atoms with Crippen molar-refractivity contribution < 1.29 is 4.79 Å². The van der Waals surface area contributed by atoms with E-state index in [9.17, 15) is 4.79 Å². The van der Waals surface area contributed by atoms with Crippen LogP contribution in [-0.4, -0.2) is 41.1 Å². The highest BCUT2D eigenvalue weighted by Crippen LogP contribution is 2.20. The van der Waals surface area contributed by atoms with Gasteiger partial charge in [0.25, 0.3) is 5.91 Å². The van der Waals surface area contributed by atoms with Crippen LogP contribution in [0.4, 0.5) is 0 Å². The highest BCUT2D eigenvalue weighted by atomic mass is 35.5. The van der Waals surface area contributed by atoms with E-state index in [0.29, 0.717) is 0 Å². The van der Waals surface area contributed by atoms with Crippen molar-refractivity contribution in [3.63, 3.8) is 0 Å². The largest absolute Gasteiger partial charge is 0.344 e. The summed E-state index contributed by atoms with van der Waals surface area (Å²) in [5, 5.41) is 3.34. The summed E-state index contributed by atoms with van der Waals surface area (Å²) in [5.41, 5.74) is 4.29. The summed E-state index contributed by atoms with van der Waals surface area (Å²) >= 11 is 0. The van der Waals surface area contributed by atoms with Gasteiger partial charge in [-0.05, 0) is 32.4 Å². The number of nitrogens with zero attached hydrogens (tertiary/aromatic N) is 2. The maximum atomic E-state index is 12.9. The molecule has 2 aromatic rings. The predicted octanol–water partition coefficient (Wildman–Crippen LogP) is 3.01. The Morgan fingerprint density at radius 1 is 1.25 bits per heavy atom. The molecule has 1 aromatic heterocycles. The third-order valence-electron chi connectivity index (χ3n) is 4.75. The van der Waals surface area contributed by atoms with Crippen LogP contribution in [0.25, 0.3) is 0 Å². The molecule has 0 spiro atoms. The average Bonchev–Trinajstić information content (AvgIpc) is 2.84. The number of benzene rings is 1. The number of aromatic nitrogens is 1. The number of piperazine rings is 1. The van der Waals surface area contributed by atoms with Gasteiger partial charge in [-0.2, -0.15) is 0 Å². The van der Waals surface area contributed by atoms with Crippen molar-refractivity contribution in [2.24, 2.45) is 0 Å². The van der Waals surface area contributed by atoms with Crippen LogP contribution in [0.3, 0.4) is 0 Å². The lowest BCUT2D eigenvalue weighted by atomic mass is 10.1. The number of carbonyl (C=O) groups excluding carboxylic acids is 1. The standard InChI is InChI=1S/C19H25N3O.ClH/c1-14-11-18(19(23)21-10-9-20-12-15(21)2)16(3)22(14)13-17-7-5-4-6-8-17;/h4-8,11,15,20H,9-10,12-13H2,1-3H3;1H/t15-;/m1./s1. The van der Waals surface area contributed by atoms with Crippen LogP contribution in [0.15, 0.2) is 36.4 Å². The lowest BCUT2D eigenvalue weighted by Gasteiger charge is -2.34. The monoisotopic (exact) mass is 347 g/mol. The fourth-order valence-electron chi connectivity index (χ4n) is 3.32. The molecular formula is C19H26ClN3O. The molecule has 5 heteroatoms. The maximum absolute atomic E-state index is 12.9. The second-order valence-corrected chi connectivity index (χ2v) is 6.41. The van der Waals surface area contributed by atoms with Crippen LogP contribution in [-0.2, 0) is 6.54 Å². The quantitative estimate of drug-likeness (QED) is 0.926. The molecule has 4 nitrogen and oxygen atoms in total. The number of halogens is 1. The van der Waals surface area contributed by atoms with Gasteiger partial charge in [0, 0.05) is 43.6 Å². The first-order valence-corrected chi connectivity index (χ1v) is 8.30. The normalized spacial score (nSPS) is 17.5. The van der Waals surface area contributed by atoms with Crippen LogP contribution in [0.5, 0.6) is 0 Å². The van der Waals surface area contributed by atoms with E-state index >= 15 is 0 Å². The molecule has 1 aromatic carbocycles. The van der Waals surface area contributed by atoms with Crippen LogP contribution in [0.1, 0.15) is 34.2 Å². The smallest absolute Gasteiger partial charge is 0.256 e. The topological polar surface area (TPSA) is 37.3 Å². The molecule has 0 bridgehead atoms. The molecule has 24 heavy (non-hydrogen) atoms. The van der Waals surface area contributed by atoms with Gasteiger partial charge < -0.3 is 14.8 Å². The third kappa shape index (κ3) is 3.65. The number of nitrogens with one attached hydrogen (secondary N) is 1. The zero-order valence-electron chi connectivity index (χ0n) is 14.6. The molecule has 3 rings (SSSR count). The van der Waals surface area contributed by atoms with E-state index in [2.05, 4.69) is 54.9 Å². The molecule has 1 N–H and O–H groups in total. The van der Waals surface area contributed by atoms with E-state index in [1.54, 1.807) is 0 Å². The lowest BCUT2D eigenvalue weighted by Crippen LogP contribution is -2.52. The maximum Gasteiger partial charge on any atom is 0.256 e. The minimum atomic E-state index is 0. The van der Waals surface area contributed by atoms with Crippen LogP contribution in [0.2, 0.25) is 0 Å². The van der Waals surface area contributed by atoms with E-state index in [1.165, 1.54) is 5.56 Å². The van der Waals surface area contributed by atoms with Crippen molar-refractivity contribution >= 4 is 18.3 Å². The lowest BCUT2D eigenvalue weighted by molar-refractivity contribution is 0.0655. The second kappa shape index (κ2) is 7.86. The minimum Gasteiger partial charge on any atom is -0.344 e. The molecule has 0 radical (unpaired) electrons. The molecule has 1 fully saturated rings. The summed E-state index contributed by atoms with van der Waals surface area (Å²) < 4.78 is 2.23. The van der Waals surface area contributed by atoms with Gasteiger partial charge in [-0.15, -0.1) is 12.4 Å². The molecular weight excluding hydrogens is 322 g/mol. The summed E-state index contributed by atoms with van der Waals surface area (Å²) in [7, 11) is 0. The van der Waals surface area contributed by atoms with Gasteiger partial charge in [-0.25, -0.2) is 0 Å². The van der Waals surface area contributed by atoms with E-state index in [-0.39, 0.29) is 24.4 Å². The van der Waals surface area contributed by atoms with Gasteiger partial charge in [0.1, 0.15) is 0 Å². The Labute approximate surface area is 150 Å². The number of aryl methyl sites for hydroxylation is 1. The Balaban J connectivity index is 0.00000208. The number of hydrogen-bond donors (Lipinski definition) is 1. The number of hydrogen-bond acceptors (Lipinski definition) is 2. The molecule has 1 atom stereocenters. The van der Waals surface area contributed by atoms with Crippen LogP contribution < -0.4 is 5.32 Å². The molecule has 2 heterocycles. The average molecular weight is 348 g/mol. The van der Waals surface area contributed by atoms with Gasteiger partial charge in [-0.3, -0.25) is 4.79 Å². The van der Waals surface area contributed by atoms with Crippen molar-refractivity contribution in [3.05, 3.63) is 58.9 Å². The molecule has 0 aliphatic carbocycles. The molecule has 1 saturated heterocycles. The van der Waals surface area contributed by atoms with Crippen LogP contribution >= 0.6 is 12.4 Å². The van der Waals surface area contributed by atoms with Crippen molar-refractivity contribution in [2.75, 3.05) is 19.6 Å². The van der Waals surface area contributed by atoms with Gasteiger partial charge in [0.2, 0.25) is 0 Å². The third-order valence-corrected chi connectivity index (χ3v) is 4.75. The molecule has 0 saturated carbocycles. The predicted molar refractivity (Wildman–Crippen MR) is 100 cm³/mol. The van der Waals surface area contributed by atoms with Crippen molar-refractivity contribution in [2.45, 2.75) is 33.4 Å². The molecule has 1 amide bonds. The van der Waals surface area contributed by atoms with E-state index in [4.69, 9.17) is 0 Å². The van der Waals surface area contributed by atoms with Gasteiger partial charge in [0.05, 0.1) is 5.56 Å². The van der Waals surface area contributed by atoms with Crippen LogP contribution in [0, 0.1) is 13.8 Å². The van der Waals surface area contributed by atoms with Crippen molar-refractivity contribution in [3.8, 4) is 0 Å². The Hall–Kier alpha value is -1.78. The number of carbonyl (C=O) groups is 1. The first-order valence-electron chi connectivity index (χ1n) is 8.30. The number of rotatable bonds is 3. The highest BCUT2D eigenvalue weighted by molar-refractivity contribution is 5.96. The molecule has 1 aliphatic rings. The Morgan fingerprint density at radius 2 is 1.96 bits per heavy atom. The Morgan fingerprint density at radius 3 is 2.62 bits per heavy atom. The summed E-state index contributed by atoms with van der Waals surface area (Å²) in [6, 6.07) is 12.7. The molecule has 130 valence electrons. The SMILES string of the molecule is Cc1cc(C(=O)N2CCNC[C@H]2C)c(C)n1Cc1ccccc1.Cl. The minimum absolute atomic E-state index is 0. The first-order chi connectivity index (χ1) is 11.1. The van der Waals surface area contributed by atoms with E-state index in [0.717, 1.165) is 43.1 Å². The summed E-state index contributed by atoms with van der Waals surface area (Å²) in [6.07, 6.45) is 0. The highest BCUT2D eigenvalue weighted by Gasteiger charge is 2.26. The Bertz CT molecular complexity index is 696. The van der Waals surface area contributed by atoms with Gasteiger partial charge in [-0.1, -0.05) is 30.3 Å². The second-order valence-electron chi connectivity index (χ2n) is 6.41. The molecule has 1 aliphatic heterocycles. The van der Waals surface area contributed by atoms with Gasteiger partial charge in [0.15, 0.2) is 0 Å². The first kappa shape index (κ1) is 18.6. The summed E-state index contributed by atoms with van der Waals surface area (Å²) in [5.74, 6) is 0.159. The van der Waals surface area contributed by atoms with Crippen molar-refractivity contribution in [1.82, 2.24) is 14.8 Å². The van der Waals surface area contributed by atoms with Crippen molar-refractivity contribution in [1.29, 1.82) is 0 Å². The summed E-state index contributed by atoms with van der Waals surface area (Å²) in [6.45, 7) is 9.57. The fraction of sp³-hybridized carbons (Fsp3) is 0.421. The van der Waals surface area contributed by atoms with Gasteiger partial charge >= 0.3 is 0 Å². The zero-order valence-corrected chi connectivity index (χ0v) is 15.4. The zero-order chi connectivity index (χ0) is 16.4. The summed E-state index contributed by atoms with van der Waals surface area (Å²) in [4.78, 5) is 14.9. The number of amides is 1.